The molecule has 2 heterocycles. The summed E-state index contributed by atoms with van der Waals surface area (Å²) in [4.78, 5) is 3.98. The summed E-state index contributed by atoms with van der Waals surface area (Å²) in [6.45, 7) is 2.10. The second-order valence-electron chi connectivity index (χ2n) is 4.00. The van der Waals surface area contributed by atoms with Gasteiger partial charge in [-0.25, -0.2) is 8.42 Å². The third-order valence-corrected chi connectivity index (χ3v) is 3.99. The molecule has 0 radical (unpaired) electrons. The van der Waals surface area contributed by atoms with Crippen molar-refractivity contribution in [1.29, 1.82) is 0 Å². The molecule has 2 aromatic heterocycles. The third-order valence-electron chi connectivity index (χ3n) is 2.50. The minimum absolute atomic E-state index is 0.148. The van der Waals surface area contributed by atoms with E-state index in [9.17, 15) is 8.42 Å². The van der Waals surface area contributed by atoms with E-state index in [0.717, 1.165) is 0 Å². The highest BCUT2D eigenvalue weighted by Gasteiger charge is 2.21. The summed E-state index contributed by atoms with van der Waals surface area (Å²) < 4.78 is 32.3. The lowest BCUT2D eigenvalue weighted by molar-refractivity contribution is 0.466. The van der Waals surface area contributed by atoms with Gasteiger partial charge in [-0.15, -0.1) is 0 Å². The van der Waals surface area contributed by atoms with Crippen molar-refractivity contribution in [3.63, 3.8) is 0 Å². The number of aromatic nitrogens is 1. The van der Waals surface area contributed by atoms with E-state index in [0.29, 0.717) is 23.8 Å². The van der Waals surface area contributed by atoms with Crippen LogP contribution in [0.4, 0.5) is 5.69 Å². The molecule has 0 atom stereocenters. The molecule has 0 fully saturated rings. The Kier molecular flexibility index (Phi) is 3.87. The van der Waals surface area contributed by atoms with Crippen molar-refractivity contribution in [1.82, 2.24) is 10.3 Å². The number of hydrogen-bond acceptors (Lipinski definition) is 5. The van der Waals surface area contributed by atoms with Crippen LogP contribution in [-0.4, -0.2) is 20.4 Å². The normalized spacial score (nSPS) is 11.5. The number of rotatable bonds is 5. The Hall–Kier alpha value is -1.86. The summed E-state index contributed by atoms with van der Waals surface area (Å²) in [5.74, 6) is 0.946. The van der Waals surface area contributed by atoms with E-state index in [1.807, 2.05) is 0 Å². The number of hydrogen-bond donors (Lipinski definition) is 2. The number of sulfonamides is 1. The van der Waals surface area contributed by atoms with Gasteiger partial charge in [0, 0.05) is 18.5 Å². The average Bonchev–Trinajstić information content (AvgIpc) is 2.72. The smallest absolute Gasteiger partial charge is 0.265 e. The van der Waals surface area contributed by atoms with Crippen molar-refractivity contribution in [2.45, 2.75) is 18.4 Å². The number of furan rings is 1. The first-order valence-electron chi connectivity index (χ1n) is 5.69. The van der Waals surface area contributed by atoms with Crippen molar-refractivity contribution < 1.29 is 12.8 Å². The Bertz CT molecular complexity index is 650. The van der Waals surface area contributed by atoms with Crippen LogP contribution in [0.1, 0.15) is 11.5 Å². The van der Waals surface area contributed by atoms with Gasteiger partial charge in [0.2, 0.25) is 0 Å². The zero-order chi connectivity index (χ0) is 13.9. The molecule has 2 aromatic rings. The lowest BCUT2D eigenvalue weighted by Crippen LogP contribution is -2.13. The van der Waals surface area contributed by atoms with Crippen LogP contribution in [0.25, 0.3) is 0 Å². The second kappa shape index (κ2) is 5.41. The standard InChI is InChI=1S/C12H15N3O3S/c1-9-12(7-11(18-9)8-13-2)19(16,17)15-10-3-5-14-6-4-10/h3-7,13H,8H2,1-2H3,(H,14,15). The summed E-state index contributed by atoms with van der Waals surface area (Å²) in [6, 6.07) is 4.69. The van der Waals surface area contributed by atoms with Crippen molar-refractivity contribution >= 4 is 15.7 Å². The van der Waals surface area contributed by atoms with Crippen molar-refractivity contribution in [2.24, 2.45) is 0 Å². The molecule has 0 aliphatic heterocycles. The second-order valence-corrected chi connectivity index (χ2v) is 5.66. The van der Waals surface area contributed by atoms with Crippen LogP contribution >= 0.6 is 0 Å². The minimum Gasteiger partial charge on any atom is -0.464 e. The molecule has 2 N–H and O–H groups in total. The first kappa shape index (κ1) is 13.6. The predicted molar refractivity (Wildman–Crippen MR) is 71.3 cm³/mol. The van der Waals surface area contributed by atoms with Crippen molar-refractivity contribution in [3.05, 3.63) is 42.1 Å². The van der Waals surface area contributed by atoms with Gasteiger partial charge in [-0.3, -0.25) is 9.71 Å². The van der Waals surface area contributed by atoms with E-state index in [1.54, 1.807) is 26.1 Å². The van der Waals surface area contributed by atoms with Crippen molar-refractivity contribution in [2.75, 3.05) is 11.8 Å². The quantitative estimate of drug-likeness (QED) is 0.867. The number of pyridine rings is 1. The summed E-state index contributed by atoms with van der Waals surface area (Å²) in [5.41, 5.74) is 0.464. The topological polar surface area (TPSA) is 84.2 Å². The maximum Gasteiger partial charge on any atom is 0.265 e. The lowest BCUT2D eigenvalue weighted by atomic mass is 10.4. The predicted octanol–water partition coefficient (Wildman–Crippen LogP) is 1.50. The monoisotopic (exact) mass is 281 g/mol. The minimum atomic E-state index is -3.64. The van der Waals surface area contributed by atoms with E-state index in [1.165, 1.54) is 18.5 Å². The van der Waals surface area contributed by atoms with Crippen LogP contribution in [-0.2, 0) is 16.6 Å². The van der Waals surface area contributed by atoms with E-state index in [-0.39, 0.29) is 4.90 Å². The van der Waals surface area contributed by atoms with E-state index in [4.69, 9.17) is 4.42 Å². The molecule has 7 heteroatoms. The molecule has 0 unspecified atom stereocenters. The first-order chi connectivity index (χ1) is 9.03. The molecule has 0 aliphatic rings. The molecule has 102 valence electrons. The number of nitrogens with one attached hydrogen (secondary N) is 2. The van der Waals surface area contributed by atoms with Crippen LogP contribution in [0.2, 0.25) is 0 Å². The Morgan fingerprint density at radius 3 is 2.63 bits per heavy atom. The van der Waals surface area contributed by atoms with Gasteiger partial charge in [0.25, 0.3) is 10.0 Å². The highest BCUT2D eigenvalue weighted by molar-refractivity contribution is 7.92. The van der Waals surface area contributed by atoms with Gasteiger partial charge >= 0.3 is 0 Å². The molecule has 0 saturated carbocycles. The number of anilines is 1. The SMILES string of the molecule is CNCc1cc(S(=O)(=O)Nc2ccncc2)c(C)o1. The molecular weight excluding hydrogens is 266 g/mol. The van der Waals surface area contributed by atoms with Gasteiger partial charge in [-0.2, -0.15) is 0 Å². The van der Waals surface area contributed by atoms with Crippen molar-refractivity contribution in [3.8, 4) is 0 Å². The van der Waals surface area contributed by atoms with Gasteiger partial charge in [-0.1, -0.05) is 0 Å². The average molecular weight is 281 g/mol. The molecule has 0 aliphatic carbocycles. The molecule has 0 amide bonds. The van der Waals surface area contributed by atoms with Crippen LogP contribution in [0, 0.1) is 6.92 Å². The number of aryl methyl sites for hydroxylation is 1. The Balaban J connectivity index is 2.29. The van der Waals surface area contributed by atoms with Gasteiger partial charge in [0.1, 0.15) is 16.4 Å². The fourth-order valence-electron chi connectivity index (χ4n) is 1.68. The molecule has 2 rings (SSSR count). The van der Waals surface area contributed by atoms with E-state index >= 15 is 0 Å². The van der Waals surface area contributed by atoms with E-state index in [2.05, 4.69) is 15.0 Å². The van der Waals surface area contributed by atoms with Crippen LogP contribution in [0.3, 0.4) is 0 Å². The van der Waals surface area contributed by atoms with Crippen LogP contribution in [0.15, 0.2) is 39.9 Å². The maximum atomic E-state index is 12.2. The summed E-state index contributed by atoms with van der Waals surface area (Å²) in [5, 5.41) is 2.91. The maximum absolute atomic E-state index is 12.2. The zero-order valence-electron chi connectivity index (χ0n) is 10.7. The lowest BCUT2D eigenvalue weighted by Gasteiger charge is -2.05. The molecule has 19 heavy (non-hydrogen) atoms. The molecule has 0 aromatic carbocycles. The molecular formula is C12H15N3O3S. The third kappa shape index (κ3) is 3.12. The summed E-state index contributed by atoms with van der Waals surface area (Å²) in [7, 11) is -1.88. The van der Waals surface area contributed by atoms with Crippen LogP contribution < -0.4 is 10.0 Å². The molecule has 0 spiro atoms. The zero-order valence-corrected chi connectivity index (χ0v) is 11.5. The van der Waals surface area contributed by atoms with E-state index < -0.39 is 10.0 Å². The largest absolute Gasteiger partial charge is 0.464 e. The van der Waals surface area contributed by atoms with Gasteiger partial charge in [0.05, 0.1) is 12.2 Å². The fourth-order valence-corrected chi connectivity index (χ4v) is 2.95. The summed E-state index contributed by atoms with van der Waals surface area (Å²) >= 11 is 0. The highest BCUT2D eigenvalue weighted by atomic mass is 32.2. The van der Waals surface area contributed by atoms with Gasteiger partial charge in [-0.05, 0) is 26.1 Å². The summed E-state index contributed by atoms with van der Waals surface area (Å²) in [6.07, 6.45) is 3.04. The Morgan fingerprint density at radius 1 is 1.32 bits per heavy atom. The Morgan fingerprint density at radius 2 is 2.00 bits per heavy atom. The first-order valence-corrected chi connectivity index (χ1v) is 7.18. The fraction of sp³-hybridized carbons (Fsp3) is 0.250. The Labute approximate surface area is 111 Å². The molecule has 6 nitrogen and oxygen atoms in total. The molecule has 0 bridgehead atoms. The highest BCUT2D eigenvalue weighted by Crippen LogP contribution is 2.22. The van der Waals surface area contributed by atoms with Gasteiger partial charge in [0.15, 0.2) is 0 Å². The van der Waals surface area contributed by atoms with Crippen LogP contribution in [0.5, 0.6) is 0 Å². The molecule has 0 saturated heterocycles. The van der Waals surface area contributed by atoms with Gasteiger partial charge < -0.3 is 9.73 Å². The number of nitrogens with zero attached hydrogens (tertiary/aromatic N) is 1.